The Morgan fingerprint density at radius 3 is 2.44 bits per heavy atom. The van der Waals surface area contributed by atoms with Gasteiger partial charge in [0.15, 0.2) is 11.9 Å². The average Bonchev–Trinajstić information content (AvgIpc) is 3.17. The van der Waals surface area contributed by atoms with Crippen molar-refractivity contribution >= 4 is 11.7 Å². The largest absolute Gasteiger partial charge is 0.481 e. The first-order valence-electron chi connectivity index (χ1n) is 9.61. The van der Waals surface area contributed by atoms with Crippen LogP contribution in [0.5, 0.6) is 5.75 Å². The van der Waals surface area contributed by atoms with Crippen molar-refractivity contribution in [1.29, 1.82) is 0 Å². The predicted molar refractivity (Wildman–Crippen MR) is 106 cm³/mol. The molecule has 1 amide bonds. The van der Waals surface area contributed by atoms with E-state index in [1.54, 1.807) is 31.2 Å². The molecule has 3 rings (SSSR count). The molecule has 1 aliphatic carbocycles. The van der Waals surface area contributed by atoms with E-state index in [1.807, 2.05) is 6.07 Å². The summed E-state index contributed by atoms with van der Waals surface area (Å²) in [6.45, 7) is 3.87. The average molecular weight is 365 g/mol. The quantitative estimate of drug-likeness (QED) is 0.745. The fourth-order valence-corrected chi connectivity index (χ4v) is 3.86. The van der Waals surface area contributed by atoms with Gasteiger partial charge in [-0.3, -0.25) is 9.59 Å². The SMILES string of the molecule is CC(=O)c1cccc(OC(C)C(=O)NCC2(c3ccccc3)CCCC2)c1. The van der Waals surface area contributed by atoms with Gasteiger partial charge in [-0.25, -0.2) is 0 Å². The van der Waals surface area contributed by atoms with E-state index in [0.29, 0.717) is 17.9 Å². The van der Waals surface area contributed by atoms with Crippen molar-refractivity contribution in [2.24, 2.45) is 0 Å². The summed E-state index contributed by atoms with van der Waals surface area (Å²) in [7, 11) is 0. The predicted octanol–water partition coefficient (Wildman–Crippen LogP) is 4.28. The van der Waals surface area contributed by atoms with Crippen molar-refractivity contribution in [2.75, 3.05) is 6.54 Å². The number of carbonyl (C=O) groups is 2. The Morgan fingerprint density at radius 2 is 1.78 bits per heavy atom. The molecule has 1 saturated carbocycles. The molecule has 0 aliphatic heterocycles. The lowest BCUT2D eigenvalue weighted by Crippen LogP contribution is -2.44. The van der Waals surface area contributed by atoms with Crippen molar-refractivity contribution in [2.45, 2.75) is 51.0 Å². The summed E-state index contributed by atoms with van der Waals surface area (Å²) in [5.74, 6) is 0.373. The number of benzene rings is 2. The van der Waals surface area contributed by atoms with E-state index in [9.17, 15) is 9.59 Å². The third-order valence-electron chi connectivity index (χ3n) is 5.47. The van der Waals surface area contributed by atoms with Gasteiger partial charge < -0.3 is 10.1 Å². The first-order valence-corrected chi connectivity index (χ1v) is 9.61. The highest BCUT2D eigenvalue weighted by molar-refractivity contribution is 5.94. The van der Waals surface area contributed by atoms with Gasteiger partial charge in [0.25, 0.3) is 5.91 Å². The van der Waals surface area contributed by atoms with Gasteiger partial charge in [0, 0.05) is 17.5 Å². The Morgan fingerprint density at radius 1 is 1.07 bits per heavy atom. The van der Waals surface area contributed by atoms with Gasteiger partial charge in [-0.15, -0.1) is 0 Å². The third-order valence-corrected chi connectivity index (χ3v) is 5.47. The number of Topliss-reactive ketones (excluding diaryl/α,β-unsaturated/α-hetero) is 1. The molecule has 1 atom stereocenters. The van der Waals surface area contributed by atoms with E-state index in [4.69, 9.17) is 4.74 Å². The number of carbonyl (C=O) groups excluding carboxylic acids is 2. The number of hydrogen-bond donors (Lipinski definition) is 1. The molecule has 1 N–H and O–H groups in total. The van der Waals surface area contributed by atoms with Crippen LogP contribution in [-0.4, -0.2) is 24.3 Å². The van der Waals surface area contributed by atoms with Crippen LogP contribution in [0.25, 0.3) is 0 Å². The van der Waals surface area contributed by atoms with E-state index in [2.05, 4.69) is 29.6 Å². The molecular formula is C23H27NO3. The van der Waals surface area contributed by atoms with E-state index >= 15 is 0 Å². The standard InChI is InChI=1S/C23H27NO3/c1-17(25)19-9-8-12-21(15-19)27-18(2)22(26)24-16-23(13-6-7-14-23)20-10-4-3-5-11-20/h3-5,8-12,15,18H,6-7,13-14,16H2,1-2H3,(H,24,26). The van der Waals surface area contributed by atoms with Gasteiger partial charge in [0.05, 0.1) is 0 Å². The zero-order valence-electron chi connectivity index (χ0n) is 16.0. The van der Waals surface area contributed by atoms with E-state index in [-0.39, 0.29) is 17.1 Å². The first kappa shape index (κ1) is 19.2. The van der Waals surface area contributed by atoms with Gasteiger partial charge in [-0.2, -0.15) is 0 Å². The van der Waals surface area contributed by atoms with Crippen LogP contribution in [0.1, 0.15) is 55.5 Å². The zero-order chi connectivity index (χ0) is 19.3. The second-order valence-corrected chi connectivity index (χ2v) is 7.42. The van der Waals surface area contributed by atoms with Crippen LogP contribution in [0.2, 0.25) is 0 Å². The molecule has 0 bridgehead atoms. The number of rotatable bonds is 7. The molecule has 0 spiro atoms. The van der Waals surface area contributed by atoms with Crippen LogP contribution >= 0.6 is 0 Å². The van der Waals surface area contributed by atoms with E-state index in [0.717, 1.165) is 12.8 Å². The Bertz CT molecular complexity index is 794. The number of ether oxygens (including phenoxy) is 1. The lowest BCUT2D eigenvalue weighted by Gasteiger charge is -2.30. The second kappa shape index (κ2) is 8.38. The summed E-state index contributed by atoms with van der Waals surface area (Å²) < 4.78 is 5.76. The van der Waals surface area contributed by atoms with Crippen molar-refractivity contribution < 1.29 is 14.3 Å². The van der Waals surface area contributed by atoms with Gasteiger partial charge in [-0.1, -0.05) is 55.3 Å². The molecular weight excluding hydrogens is 338 g/mol. The highest BCUT2D eigenvalue weighted by Gasteiger charge is 2.36. The molecule has 1 unspecified atom stereocenters. The summed E-state index contributed by atoms with van der Waals surface area (Å²) in [6, 6.07) is 17.4. The maximum atomic E-state index is 12.6. The van der Waals surface area contributed by atoms with Gasteiger partial charge in [0.1, 0.15) is 5.75 Å². The van der Waals surface area contributed by atoms with Crippen molar-refractivity contribution in [1.82, 2.24) is 5.32 Å². The fourth-order valence-electron chi connectivity index (χ4n) is 3.86. The normalized spacial score (nSPS) is 16.5. The molecule has 0 saturated heterocycles. The first-order chi connectivity index (χ1) is 13.0. The number of hydrogen-bond acceptors (Lipinski definition) is 3. The molecule has 1 fully saturated rings. The maximum absolute atomic E-state index is 12.6. The minimum absolute atomic E-state index is 0.0190. The van der Waals surface area contributed by atoms with E-state index in [1.165, 1.54) is 25.3 Å². The highest BCUT2D eigenvalue weighted by Crippen LogP contribution is 2.40. The Labute approximate surface area is 160 Å². The minimum Gasteiger partial charge on any atom is -0.481 e. The lowest BCUT2D eigenvalue weighted by atomic mass is 9.79. The maximum Gasteiger partial charge on any atom is 0.260 e. The molecule has 0 radical (unpaired) electrons. The van der Waals surface area contributed by atoms with Gasteiger partial charge >= 0.3 is 0 Å². The van der Waals surface area contributed by atoms with Crippen LogP contribution in [0, 0.1) is 0 Å². The molecule has 27 heavy (non-hydrogen) atoms. The summed E-state index contributed by atoms with van der Waals surface area (Å²) in [6.07, 6.45) is 3.94. The molecule has 142 valence electrons. The van der Waals surface area contributed by atoms with Gasteiger partial charge in [0.2, 0.25) is 0 Å². The van der Waals surface area contributed by atoms with Crippen LogP contribution in [-0.2, 0) is 10.2 Å². The van der Waals surface area contributed by atoms with Crippen molar-refractivity contribution in [3.63, 3.8) is 0 Å². The van der Waals surface area contributed by atoms with Crippen LogP contribution in [0.4, 0.5) is 0 Å². The molecule has 0 heterocycles. The monoisotopic (exact) mass is 365 g/mol. The molecule has 2 aromatic carbocycles. The lowest BCUT2D eigenvalue weighted by molar-refractivity contribution is -0.127. The van der Waals surface area contributed by atoms with Crippen LogP contribution in [0.15, 0.2) is 54.6 Å². The second-order valence-electron chi connectivity index (χ2n) is 7.42. The Hall–Kier alpha value is -2.62. The Balaban J connectivity index is 1.62. The number of nitrogens with one attached hydrogen (secondary N) is 1. The van der Waals surface area contributed by atoms with Crippen molar-refractivity contribution in [3.05, 3.63) is 65.7 Å². The van der Waals surface area contributed by atoms with Crippen LogP contribution in [0.3, 0.4) is 0 Å². The molecule has 4 heteroatoms. The Kier molecular flexibility index (Phi) is 5.94. The summed E-state index contributed by atoms with van der Waals surface area (Å²) in [4.78, 5) is 24.1. The molecule has 2 aromatic rings. The molecule has 0 aromatic heterocycles. The number of amides is 1. The zero-order valence-corrected chi connectivity index (χ0v) is 16.0. The van der Waals surface area contributed by atoms with Crippen molar-refractivity contribution in [3.8, 4) is 5.75 Å². The topological polar surface area (TPSA) is 55.4 Å². The summed E-state index contributed by atoms with van der Waals surface area (Å²) in [5.41, 5.74) is 1.89. The van der Waals surface area contributed by atoms with Gasteiger partial charge in [-0.05, 0) is 44.4 Å². The number of ketones is 1. The highest BCUT2D eigenvalue weighted by atomic mass is 16.5. The third kappa shape index (κ3) is 4.57. The summed E-state index contributed by atoms with van der Waals surface area (Å²) in [5, 5.41) is 3.09. The summed E-state index contributed by atoms with van der Waals surface area (Å²) >= 11 is 0. The smallest absolute Gasteiger partial charge is 0.260 e. The minimum atomic E-state index is -0.624. The molecule has 1 aliphatic rings. The molecule has 4 nitrogen and oxygen atoms in total. The fraction of sp³-hybridized carbons (Fsp3) is 0.391. The van der Waals surface area contributed by atoms with E-state index < -0.39 is 6.10 Å². The van der Waals surface area contributed by atoms with Crippen LogP contribution < -0.4 is 10.1 Å².